The van der Waals surface area contributed by atoms with Gasteiger partial charge in [-0.15, -0.1) is 0 Å². The van der Waals surface area contributed by atoms with Gasteiger partial charge in [-0.2, -0.15) is 0 Å². The Bertz CT molecular complexity index is 926. The fourth-order valence-electron chi connectivity index (χ4n) is 3.27. The van der Waals surface area contributed by atoms with E-state index in [0.717, 1.165) is 11.4 Å². The van der Waals surface area contributed by atoms with Crippen molar-refractivity contribution >= 4 is 23.2 Å². The highest BCUT2D eigenvalue weighted by Gasteiger charge is 2.24. The monoisotopic (exact) mass is 374 g/mol. The van der Waals surface area contributed by atoms with E-state index in [0.29, 0.717) is 37.8 Å². The molecule has 28 heavy (non-hydrogen) atoms. The molecule has 3 heterocycles. The maximum Gasteiger partial charge on any atom is 0.272 e. The Morgan fingerprint density at radius 1 is 0.857 bits per heavy atom. The van der Waals surface area contributed by atoms with E-state index in [-0.39, 0.29) is 5.91 Å². The highest BCUT2D eigenvalue weighted by molar-refractivity contribution is 5.93. The molecule has 1 aliphatic heterocycles. The molecule has 2 aromatic heterocycles. The zero-order valence-corrected chi connectivity index (χ0v) is 15.8. The number of pyridine rings is 1. The minimum atomic E-state index is -0.0445. The molecule has 1 aromatic carbocycles. The summed E-state index contributed by atoms with van der Waals surface area (Å²) in [5.41, 5.74) is 2.45. The topological polar surface area (TPSA) is 65.5 Å². The highest BCUT2D eigenvalue weighted by Crippen LogP contribution is 2.23. The van der Waals surface area contributed by atoms with Gasteiger partial charge >= 0.3 is 0 Å². The summed E-state index contributed by atoms with van der Waals surface area (Å²) in [5, 5.41) is 0. The molecule has 0 saturated carbocycles. The Labute approximate surface area is 164 Å². The van der Waals surface area contributed by atoms with Crippen molar-refractivity contribution in [2.75, 3.05) is 43.0 Å². The fraction of sp³-hybridized carbons (Fsp3) is 0.238. The summed E-state index contributed by atoms with van der Waals surface area (Å²) in [4.78, 5) is 31.8. The Balaban J connectivity index is 1.44. The van der Waals surface area contributed by atoms with Crippen LogP contribution in [0.15, 0.2) is 67.1 Å². The van der Waals surface area contributed by atoms with Gasteiger partial charge in [0, 0.05) is 63.2 Å². The number of carbonyl (C=O) groups excluding carboxylic acids is 1. The molecule has 142 valence electrons. The van der Waals surface area contributed by atoms with Crippen molar-refractivity contribution < 1.29 is 4.79 Å². The summed E-state index contributed by atoms with van der Waals surface area (Å²) in [5.74, 6) is 0.663. The Kier molecular flexibility index (Phi) is 5.14. The lowest BCUT2D eigenvalue weighted by atomic mass is 10.2. The van der Waals surface area contributed by atoms with Crippen molar-refractivity contribution in [3.63, 3.8) is 0 Å². The van der Waals surface area contributed by atoms with Crippen LogP contribution in [0.2, 0.25) is 0 Å². The summed E-state index contributed by atoms with van der Waals surface area (Å²) < 4.78 is 0. The van der Waals surface area contributed by atoms with Gasteiger partial charge < -0.3 is 14.7 Å². The van der Waals surface area contributed by atoms with Crippen LogP contribution < -0.4 is 9.80 Å². The van der Waals surface area contributed by atoms with Crippen molar-refractivity contribution in [3.05, 3.63) is 72.8 Å². The molecule has 1 fully saturated rings. The number of anilines is 3. The number of hydrogen-bond acceptors (Lipinski definition) is 6. The minimum absolute atomic E-state index is 0.0445. The number of nitrogens with zero attached hydrogens (tertiary/aromatic N) is 6. The predicted octanol–water partition coefficient (Wildman–Crippen LogP) is 2.60. The Morgan fingerprint density at radius 2 is 1.57 bits per heavy atom. The molecule has 0 N–H and O–H groups in total. The van der Waals surface area contributed by atoms with E-state index in [2.05, 4.69) is 19.9 Å². The lowest BCUT2D eigenvalue weighted by Crippen LogP contribution is -2.49. The van der Waals surface area contributed by atoms with Crippen LogP contribution in [0.3, 0.4) is 0 Å². The zero-order chi connectivity index (χ0) is 19.3. The van der Waals surface area contributed by atoms with Crippen molar-refractivity contribution in [2.45, 2.75) is 0 Å². The van der Waals surface area contributed by atoms with Gasteiger partial charge in [-0.3, -0.25) is 9.78 Å². The van der Waals surface area contributed by atoms with Gasteiger partial charge in [0.1, 0.15) is 5.69 Å². The quantitative estimate of drug-likeness (QED) is 0.699. The van der Waals surface area contributed by atoms with Gasteiger partial charge in [0.2, 0.25) is 5.95 Å². The lowest BCUT2D eigenvalue weighted by Gasteiger charge is -2.34. The Morgan fingerprint density at radius 3 is 2.29 bits per heavy atom. The number of aromatic nitrogens is 3. The third-order valence-electron chi connectivity index (χ3n) is 4.90. The predicted molar refractivity (Wildman–Crippen MR) is 109 cm³/mol. The molecule has 0 spiro atoms. The standard InChI is InChI=1S/C21H22N6O/c1-25(17-6-3-2-4-7-17)18-8-11-22-19(16-18)20(28)26-12-14-27(15-13-26)21-23-9-5-10-24-21/h2-11,16H,12-15H2,1H3. The van der Waals surface area contributed by atoms with E-state index >= 15 is 0 Å². The maximum atomic E-state index is 12.9. The molecule has 3 aromatic rings. The van der Waals surface area contributed by atoms with Crippen LogP contribution in [-0.2, 0) is 0 Å². The first-order valence-corrected chi connectivity index (χ1v) is 9.28. The number of benzene rings is 1. The fourth-order valence-corrected chi connectivity index (χ4v) is 3.27. The van der Waals surface area contributed by atoms with Crippen LogP contribution in [0, 0.1) is 0 Å². The number of rotatable bonds is 4. The number of carbonyl (C=O) groups is 1. The van der Waals surface area contributed by atoms with Gasteiger partial charge in [0.25, 0.3) is 5.91 Å². The number of hydrogen-bond donors (Lipinski definition) is 0. The largest absolute Gasteiger partial charge is 0.345 e. The second kappa shape index (κ2) is 8.04. The minimum Gasteiger partial charge on any atom is -0.345 e. The lowest BCUT2D eigenvalue weighted by molar-refractivity contribution is 0.0740. The van der Waals surface area contributed by atoms with E-state index in [1.807, 2.05) is 59.3 Å². The average molecular weight is 374 g/mol. The van der Waals surface area contributed by atoms with Crippen molar-refractivity contribution in [1.29, 1.82) is 0 Å². The molecule has 0 aliphatic carbocycles. The molecule has 4 rings (SSSR count). The van der Waals surface area contributed by atoms with Gasteiger partial charge in [-0.05, 0) is 30.3 Å². The highest BCUT2D eigenvalue weighted by atomic mass is 16.2. The van der Waals surface area contributed by atoms with Crippen LogP contribution >= 0.6 is 0 Å². The second-order valence-electron chi connectivity index (χ2n) is 6.62. The van der Waals surface area contributed by atoms with Crippen LogP contribution in [0.1, 0.15) is 10.5 Å². The molecular weight excluding hydrogens is 352 g/mol. The third kappa shape index (κ3) is 3.78. The summed E-state index contributed by atoms with van der Waals surface area (Å²) in [6.45, 7) is 2.66. The normalized spacial score (nSPS) is 14.0. The van der Waals surface area contributed by atoms with Gasteiger partial charge in [0.15, 0.2) is 0 Å². The second-order valence-corrected chi connectivity index (χ2v) is 6.62. The van der Waals surface area contributed by atoms with Gasteiger partial charge in [0.05, 0.1) is 0 Å². The number of amides is 1. The number of para-hydroxylation sites is 1. The van der Waals surface area contributed by atoms with Crippen molar-refractivity contribution in [1.82, 2.24) is 19.9 Å². The van der Waals surface area contributed by atoms with E-state index in [1.54, 1.807) is 24.7 Å². The van der Waals surface area contributed by atoms with Crippen molar-refractivity contribution in [2.24, 2.45) is 0 Å². The molecule has 1 amide bonds. The van der Waals surface area contributed by atoms with E-state index in [4.69, 9.17) is 0 Å². The number of piperazine rings is 1. The molecule has 0 radical (unpaired) electrons. The first kappa shape index (κ1) is 17.9. The summed E-state index contributed by atoms with van der Waals surface area (Å²) in [6.07, 6.45) is 5.16. The molecule has 1 saturated heterocycles. The maximum absolute atomic E-state index is 12.9. The first-order chi connectivity index (χ1) is 13.7. The smallest absolute Gasteiger partial charge is 0.272 e. The first-order valence-electron chi connectivity index (χ1n) is 9.28. The van der Waals surface area contributed by atoms with E-state index in [9.17, 15) is 4.79 Å². The SMILES string of the molecule is CN(c1ccccc1)c1ccnc(C(=O)N2CCN(c3ncccn3)CC2)c1. The van der Waals surface area contributed by atoms with Crippen LogP contribution in [0.5, 0.6) is 0 Å². The van der Waals surface area contributed by atoms with Crippen LogP contribution in [0.4, 0.5) is 17.3 Å². The molecule has 7 heteroatoms. The zero-order valence-electron chi connectivity index (χ0n) is 15.8. The van der Waals surface area contributed by atoms with Crippen molar-refractivity contribution in [3.8, 4) is 0 Å². The summed E-state index contributed by atoms with van der Waals surface area (Å²) in [7, 11) is 1.98. The van der Waals surface area contributed by atoms with Gasteiger partial charge in [-0.1, -0.05) is 18.2 Å². The van der Waals surface area contributed by atoms with E-state index in [1.165, 1.54) is 0 Å². The van der Waals surface area contributed by atoms with Crippen LogP contribution in [-0.4, -0.2) is 59.0 Å². The van der Waals surface area contributed by atoms with Gasteiger partial charge in [-0.25, -0.2) is 9.97 Å². The molecular formula is C21H22N6O. The molecule has 7 nitrogen and oxygen atoms in total. The summed E-state index contributed by atoms with van der Waals surface area (Å²) in [6, 6.07) is 15.6. The molecule has 1 aliphatic rings. The molecule has 0 atom stereocenters. The van der Waals surface area contributed by atoms with E-state index < -0.39 is 0 Å². The average Bonchev–Trinajstić information content (AvgIpc) is 2.79. The Hall–Kier alpha value is -3.48. The molecule has 0 bridgehead atoms. The summed E-state index contributed by atoms with van der Waals surface area (Å²) >= 11 is 0. The van der Waals surface area contributed by atoms with Crippen LogP contribution in [0.25, 0.3) is 0 Å². The molecule has 0 unspecified atom stereocenters. The third-order valence-corrected chi connectivity index (χ3v) is 4.90.